The lowest BCUT2D eigenvalue weighted by molar-refractivity contribution is -0.145. The average molecular weight is 287 g/mol. The highest BCUT2D eigenvalue weighted by Gasteiger charge is 2.37. The van der Waals surface area contributed by atoms with E-state index in [0.29, 0.717) is 17.1 Å². The minimum absolute atomic E-state index is 0.202. The second kappa shape index (κ2) is 6.28. The van der Waals surface area contributed by atoms with E-state index in [4.69, 9.17) is 15.2 Å². The molecule has 0 fully saturated rings. The Bertz CT molecular complexity index is 615. The molecule has 5 nitrogen and oxygen atoms in total. The van der Waals surface area contributed by atoms with Gasteiger partial charge in [-0.25, -0.2) is 4.79 Å². The van der Waals surface area contributed by atoms with Crippen molar-refractivity contribution in [2.24, 2.45) is 5.73 Å². The van der Waals surface area contributed by atoms with Crippen LogP contribution in [0.4, 0.5) is 0 Å². The fourth-order valence-electron chi connectivity index (χ4n) is 1.93. The molecule has 0 saturated heterocycles. The van der Waals surface area contributed by atoms with E-state index in [0.717, 1.165) is 0 Å². The van der Waals surface area contributed by atoms with Crippen LogP contribution in [0.3, 0.4) is 0 Å². The van der Waals surface area contributed by atoms with Gasteiger partial charge in [-0.15, -0.1) is 0 Å². The number of rotatable bonds is 6. The Morgan fingerprint density at radius 3 is 2.24 bits per heavy atom. The van der Waals surface area contributed by atoms with E-state index in [9.17, 15) is 9.90 Å². The first kappa shape index (κ1) is 14.9. The Kier molecular flexibility index (Phi) is 4.45. The van der Waals surface area contributed by atoms with Crippen molar-refractivity contribution in [3.8, 4) is 11.5 Å². The zero-order valence-corrected chi connectivity index (χ0v) is 11.7. The Morgan fingerprint density at radius 2 is 1.67 bits per heavy atom. The Labute approximate surface area is 122 Å². The number of hydrogen-bond donors (Lipinski definition) is 2. The molecule has 0 amide bonds. The Morgan fingerprint density at radius 1 is 1.10 bits per heavy atom. The first-order valence-electron chi connectivity index (χ1n) is 6.41. The van der Waals surface area contributed by atoms with Crippen molar-refractivity contribution < 1.29 is 19.4 Å². The molecule has 0 aliphatic heterocycles. The molecule has 2 aromatic rings. The van der Waals surface area contributed by atoms with Crippen LogP contribution in [0.15, 0.2) is 54.6 Å². The highest BCUT2D eigenvalue weighted by Crippen LogP contribution is 2.28. The smallest absolute Gasteiger partial charge is 0.331 e. The lowest BCUT2D eigenvalue weighted by Crippen LogP contribution is -2.49. The van der Waals surface area contributed by atoms with Gasteiger partial charge in [0.1, 0.15) is 6.61 Å². The predicted molar refractivity (Wildman–Crippen MR) is 78.4 cm³/mol. The van der Waals surface area contributed by atoms with Gasteiger partial charge in [0, 0.05) is 0 Å². The predicted octanol–water partition coefficient (Wildman–Crippen LogP) is 2.01. The van der Waals surface area contributed by atoms with E-state index in [1.165, 1.54) is 7.11 Å². The standard InChI is InChI=1S/C16H17NO4/c1-20-13-9-5-6-10-14(13)21-11-16(17,15(18)19)12-7-3-2-4-8-12/h2-10H,11,17H2,1H3,(H,18,19). The summed E-state index contributed by atoms with van der Waals surface area (Å²) in [7, 11) is 1.52. The Balaban J connectivity index is 2.24. The molecule has 0 radical (unpaired) electrons. The van der Waals surface area contributed by atoms with Crippen LogP contribution in [0.1, 0.15) is 5.56 Å². The highest BCUT2D eigenvalue weighted by molar-refractivity contribution is 5.80. The molecular weight excluding hydrogens is 270 g/mol. The number of carboxylic acid groups (broad SMARTS) is 1. The van der Waals surface area contributed by atoms with Gasteiger partial charge >= 0.3 is 5.97 Å². The summed E-state index contributed by atoms with van der Waals surface area (Å²) in [5, 5.41) is 9.45. The molecule has 2 aromatic carbocycles. The number of nitrogens with two attached hydrogens (primary N) is 1. The zero-order valence-electron chi connectivity index (χ0n) is 11.7. The second-order valence-electron chi connectivity index (χ2n) is 4.58. The van der Waals surface area contributed by atoms with Gasteiger partial charge in [-0.3, -0.25) is 0 Å². The molecule has 0 aromatic heterocycles. The van der Waals surface area contributed by atoms with E-state index in [2.05, 4.69) is 0 Å². The van der Waals surface area contributed by atoms with Crippen LogP contribution in [0.5, 0.6) is 11.5 Å². The number of methoxy groups -OCH3 is 1. The topological polar surface area (TPSA) is 81.8 Å². The van der Waals surface area contributed by atoms with Gasteiger partial charge in [0.25, 0.3) is 0 Å². The van der Waals surface area contributed by atoms with E-state index in [1.807, 2.05) is 0 Å². The normalized spacial score (nSPS) is 13.2. The molecule has 1 atom stereocenters. The first-order valence-corrected chi connectivity index (χ1v) is 6.41. The van der Waals surface area contributed by atoms with Crippen LogP contribution >= 0.6 is 0 Å². The number of ether oxygens (including phenoxy) is 2. The lowest BCUT2D eigenvalue weighted by Gasteiger charge is -2.25. The lowest BCUT2D eigenvalue weighted by atomic mass is 9.92. The van der Waals surface area contributed by atoms with E-state index in [-0.39, 0.29) is 6.61 Å². The van der Waals surface area contributed by atoms with Crippen LogP contribution in [-0.4, -0.2) is 24.8 Å². The van der Waals surface area contributed by atoms with Crippen LogP contribution in [-0.2, 0) is 10.3 Å². The van der Waals surface area contributed by atoms with E-state index in [1.54, 1.807) is 54.6 Å². The third kappa shape index (κ3) is 3.14. The van der Waals surface area contributed by atoms with Crippen LogP contribution in [0.25, 0.3) is 0 Å². The average Bonchev–Trinajstić information content (AvgIpc) is 2.53. The quantitative estimate of drug-likeness (QED) is 0.849. The van der Waals surface area contributed by atoms with Crippen LogP contribution in [0, 0.1) is 0 Å². The number of benzene rings is 2. The fourth-order valence-corrected chi connectivity index (χ4v) is 1.93. The van der Waals surface area contributed by atoms with E-state index >= 15 is 0 Å². The van der Waals surface area contributed by atoms with E-state index < -0.39 is 11.5 Å². The fraction of sp³-hybridized carbons (Fsp3) is 0.188. The van der Waals surface area contributed by atoms with Gasteiger partial charge in [-0.1, -0.05) is 42.5 Å². The molecule has 2 rings (SSSR count). The molecule has 0 spiro atoms. The van der Waals surface area contributed by atoms with Crippen molar-refractivity contribution in [3.05, 3.63) is 60.2 Å². The molecule has 0 aliphatic rings. The second-order valence-corrected chi connectivity index (χ2v) is 4.58. The zero-order chi connectivity index (χ0) is 15.3. The molecule has 3 N–H and O–H groups in total. The number of carboxylic acids is 1. The number of hydrogen-bond acceptors (Lipinski definition) is 4. The van der Waals surface area contributed by atoms with Gasteiger partial charge < -0.3 is 20.3 Å². The largest absolute Gasteiger partial charge is 0.493 e. The first-order chi connectivity index (χ1) is 10.1. The van der Waals surface area contributed by atoms with Gasteiger partial charge in [0.15, 0.2) is 17.0 Å². The van der Waals surface area contributed by atoms with Crippen molar-refractivity contribution in [1.82, 2.24) is 0 Å². The summed E-state index contributed by atoms with van der Waals surface area (Å²) in [5.74, 6) is -0.172. The van der Waals surface area contributed by atoms with Crippen molar-refractivity contribution in [2.75, 3.05) is 13.7 Å². The van der Waals surface area contributed by atoms with Crippen molar-refractivity contribution in [1.29, 1.82) is 0 Å². The number of aliphatic carboxylic acids is 1. The van der Waals surface area contributed by atoms with Gasteiger partial charge in [-0.2, -0.15) is 0 Å². The van der Waals surface area contributed by atoms with Crippen molar-refractivity contribution in [3.63, 3.8) is 0 Å². The minimum atomic E-state index is -1.62. The molecule has 110 valence electrons. The number of para-hydroxylation sites is 2. The molecular formula is C16H17NO4. The highest BCUT2D eigenvalue weighted by atomic mass is 16.5. The summed E-state index contributed by atoms with van der Waals surface area (Å²) in [6.45, 7) is -0.202. The third-order valence-electron chi connectivity index (χ3n) is 3.19. The van der Waals surface area contributed by atoms with Crippen LogP contribution in [0.2, 0.25) is 0 Å². The molecule has 0 heterocycles. The number of carbonyl (C=O) groups is 1. The molecule has 0 bridgehead atoms. The summed E-state index contributed by atoms with van der Waals surface area (Å²) in [6.07, 6.45) is 0. The van der Waals surface area contributed by atoms with Crippen molar-refractivity contribution in [2.45, 2.75) is 5.54 Å². The van der Waals surface area contributed by atoms with Gasteiger partial charge in [-0.05, 0) is 17.7 Å². The van der Waals surface area contributed by atoms with Gasteiger partial charge in [0.2, 0.25) is 0 Å². The summed E-state index contributed by atoms with van der Waals surface area (Å²) in [4.78, 5) is 11.6. The van der Waals surface area contributed by atoms with Gasteiger partial charge in [0.05, 0.1) is 7.11 Å². The molecule has 0 saturated carbocycles. The van der Waals surface area contributed by atoms with Crippen LogP contribution < -0.4 is 15.2 Å². The summed E-state index contributed by atoms with van der Waals surface area (Å²) in [6, 6.07) is 15.6. The minimum Gasteiger partial charge on any atom is -0.493 e. The molecule has 5 heteroatoms. The monoisotopic (exact) mass is 287 g/mol. The third-order valence-corrected chi connectivity index (χ3v) is 3.19. The molecule has 21 heavy (non-hydrogen) atoms. The maximum Gasteiger partial charge on any atom is 0.331 e. The summed E-state index contributed by atoms with van der Waals surface area (Å²) >= 11 is 0. The summed E-state index contributed by atoms with van der Waals surface area (Å²) in [5.41, 5.74) is 4.89. The molecule has 0 aliphatic carbocycles. The summed E-state index contributed by atoms with van der Waals surface area (Å²) < 4.78 is 10.7. The Hall–Kier alpha value is -2.53. The maximum absolute atomic E-state index is 11.6. The van der Waals surface area contributed by atoms with Crippen molar-refractivity contribution >= 4 is 5.97 Å². The maximum atomic E-state index is 11.6. The molecule has 1 unspecified atom stereocenters. The SMILES string of the molecule is COc1ccccc1OCC(N)(C(=O)O)c1ccccc1.